The number of carbonyl (C=O) groups is 1. The molecular formula is C13H7ClF3NO2. The van der Waals surface area contributed by atoms with Crippen molar-refractivity contribution in [1.82, 2.24) is 4.98 Å². The normalized spacial score (nSPS) is 11.4. The fourth-order valence-electron chi connectivity index (χ4n) is 1.66. The first-order valence-corrected chi connectivity index (χ1v) is 5.73. The molecule has 0 spiro atoms. The highest BCUT2D eigenvalue weighted by Gasteiger charge is 2.32. The van der Waals surface area contributed by atoms with Gasteiger partial charge in [-0.1, -0.05) is 17.7 Å². The van der Waals surface area contributed by atoms with Gasteiger partial charge in [-0.15, -0.1) is 0 Å². The molecule has 0 aliphatic rings. The van der Waals surface area contributed by atoms with E-state index in [1.54, 1.807) is 0 Å². The van der Waals surface area contributed by atoms with Crippen LogP contribution in [-0.2, 0) is 6.18 Å². The maximum absolute atomic E-state index is 12.4. The largest absolute Gasteiger partial charge is 0.478 e. The molecular weight excluding hydrogens is 295 g/mol. The topological polar surface area (TPSA) is 50.2 Å². The molecule has 2 rings (SSSR count). The molecule has 0 aliphatic carbocycles. The first-order chi connectivity index (χ1) is 9.29. The number of hydrogen-bond acceptors (Lipinski definition) is 2. The van der Waals surface area contributed by atoms with E-state index < -0.39 is 17.8 Å². The highest BCUT2D eigenvalue weighted by atomic mass is 35.5. The van der Waals surface area contributed by atoms with E-state index in [2.05, 4.69) is 4.98 Å². The Balaban J connectivity index is 2.52. The number of carboxylic acids is 1. The summed E-state index contributed by atoms with van der Waals surface area (Å²) in [5.41, 5.74) is -0.639. The molecule has 0 aliphatic heterocycles. The van der Waals surface area contributed by atoms with Crippen LogP contribution >= 0.6 is 11.6 Å². The SMILES string of the molecule is O=C(O)c1ccc(Cl)cc1-c1ccc(C(F)(F)F)nc1. The Labute approximate surface area is 116 Å². The van der Waals surface area contributed by atoms with Crippen molar-refractivity contribution in [2.75, 3.05) is 0 Å². The number of nitrogens with zero attached hydrogens (tertiary/aromatic N) is 1. The highest BCUT2D eigenvalue weighted by molar-refractivity contribution is 6.31. The minimum atomic E-state index is -4.54. The van der Waals surface area contributed by atoms with Gasteiger partial charge in [0.2, 0.25) is 0 Å². The molecule has 0 unspecified atom stereocenters. The van der Waals surface area contributed by atoms with Crippen LogP contribution in [0.25, 0.3) is 11.1 Å². The van der Waals surface area contributed by atoms with Crippen LogP contribution in [0.2, 0.25) is 5.02 Å². The van der Waals surface area contributed by atoms with Gasteiger partial charge in [0, 0.05) is 16.8 Å². The number of carboxylic acid groups (broad SMARTS) is 1. The molecule has 7 heteroatoms. The van der Waals surface area contributed by atoms with Gasteiger partial charge in [-0.05, 0) is 29.8 Å². The zero-order valence-corrected chi connectivity index (χ0v) is 10.5. The third-order valence-corrected chi connectivity index (χ3v) is 2.81. The van der Waals surface area contributed by atoms with Gasteiger partial charge < -0.3 is 5.11 Å². The van der Waals surface area contributed by atoms with Gasteiger partial charge in [0.15, 0.2) is 0 Å². The molecule has 1 aromatic heterocycles. The molecule has 20 heavy (non-hydrogen) atoms. The Kier molecular flexibility index (Phi) is 3.67. The van der Waals surface area contributed by atoms with Crippen LogP contribution < -0.4 is 0 Å². The lowest BCUT2D eigenvalue weighted by molar-refractivity contribution is -0.141. The van der Waals surface area contributed by atoms with E-state index in [4.69, 9.17) is 16.7 Å². The molecule has 0 bridgehead atoms. The van der Waals surface area contributed by atoms with Gasteiger partial charge in [0.25, 0.3) is 0 Å². The second kappa shape index (κ2) is 5.13. The summed E-state index contributed by atoms with van der Waals surface area (Å²) in [6, 6.07) is 6.01. The minimum Gasteiger partial charge on any atom is -0.478 e. The fraction of sp³-hybridized carbons (Fsp3) is 0.0769. The molecule has 2 aromatic rings. The average molecular weight is 302 g/mol. The van der Waals surface area contributed by atoms with E-state index in [-0.39, 0.29) is 21.7 Å². The zero-order chi connectivity index (χ0) is 14.9. The molecule has 3 nitrogen and oxygen atoms in total. The number of pyridine rings is 1. The van der Waals surface area contributed by atoms with Crippen molar-refractivity contribution in [2.45, 2.75) is 6.18 Å². The van der Waals surface area contributed by atoms with Crippen molar-refractivity contribution >= 4 is 17.6 Å². The average Bonchev–Trinajstić information content (AvgIpc) is 2.37. The van der Waals surface area contributed by atoms with E-state index in [0.717, 1.165) is 18.3 Å². The number of halogens is 4. The van der Waals surface area contributed by atoms with E-state index in [9.17, 15) is 18.0 Å². The van der Waals surface area contributed by atoms with Crippen molar-refractivity contribution in [1.29, 1.82) is 0 Å². The van der Waals surface area contributed by atoms with Crippen molar-refractivity contribution in [3.05, 3.63) is 52.8 Å². The molecule has 0 radical (unpaired) electrons. The summed E-state index contributed by atoms with van der Waals surface area (Å²) >= 11 is 5.78. The van der Waals surface area contributed by atoms with Crippen LogP contribution in [0.3, 0.4) is 0 Å². The van der Waals surface area contributed by atoms with E-state index >= 15 is 0 Å². The molecule has 0 fully saturated rings. The molecule has 104 valence electrons. The summed E-state index contributed by atoms with van der Waals surface area (Å²) in [6.07, 6.45) is -3.57. The first-order valence-electron chi connectivity index (χ1n) is 5.35. The summed E-state index contributed by atoms with van der Waals surface area (Å²) in [4.78, 5) is 14.4. The summed E-state index contributed by atoms with van der Waals surface area (Å²) < 4.78 is 37.2. The Hall–Kier alpha value is -2.08. The molecule has 1 aromatic carbocycles. The predicted molar refractivity (Wildman–Crippen MR) is 66.6 cm³/mol. The quantitative estimate of drug-likeness (QED) is 0.907. The molecule has 1 N–H and O–H groups in total. The summed E-state index contributed by atoms with van der Waals surface area (Å²) in [5.74, 6) is -1.20. The lowest BCUT2D eigenvalue weighted by atomic mass is 10.0. The van der Waals surface area contributed by atoms with E-state index in [0.29, 0.717) is 0 Å². The highest BCUT2D eigenvalue weighted by Crippen LogP contribution is 2.31. The standard InChI is InChI=1S/C13H7ClF3NO2/c14-8-2-3-9(12(19)20)10(5-8)7-1-4-11(18-6-7)13(15,16)17/h1-6H,(H,19,20). The van der Waals surface area contributed by atoms with Crippen LogP contribution in [0.15, 0.2) is 36.5 Å². The van der Waals surface area contributed by atoms with Crippen LogP contribution in [-0.4, -0.2) is 16.1 Å². The van der Waals surface area contributed by atoms with Gasteiger partial charge in [0.1, 0.15) is 5.69 Å². The second-order valence-electron chi connectivity index (χ2n) is 3.92. The molecule has 0 amide bonds. The van der Waals surface area contributed by atoms with Gasteiger partial charge in [-0.2, -0.15) is 13.2 Å². The van der Waals surface area contributed by atoms with E-state index in [1.165, 1.54) is 18.2 Å². The Morgan fingerprint density at radius 2 is 1.90 bits per heavy atom. The molecule has 1 heterocycles. The number of aromatic nitrogens is 1. The summed E-state index contributed by atoms with van der Waals surface area (Å²) in [6.45, 7) is 0. The van der Waals surface area contributed by atoms with Gasteiger partial charge in [0.05, 0.1) is 5.56 Å². The number of rotatable bonds is 2. The van der Waals surface area contributed by atoms with Crippen molar-refractivity contribution < 1.29 is 23.1 Å². The predicted octanol–water partition coefficient (Wildman–Crippen LogP) is 4.12. The fourth-order valence-corrected chi connectivity index (χ4v) is 1.83. The smallest absolute Gasteiger partial charge is 0.433 e. The van der Waals surface area contributed by atoms with E-state index in [1.807, 2.05) is 0 Å². The van der Waals surface area contributed by atoms with Crippen molar-refractivity contribution in [3.63, 3.8) is 0 Å². The van der Waals surface area contributed by atoms with Crippen LogP contribution in [0.1, 0.15) is 16.1 Å². The van der Waals surface area contributed by atoms with Crippen molar-refractivity contribution in [3.8, 4) is 11.1 Å². The Morgan fingerprint density at radius 1 is 1.20 bits per heavy atom. The third kappa shape index (κ3) is 2.91. The second-order valence-corrected chi connectivity index (χ2v) is 4.36. The first kappa shape index (κ1) is 14.3. The van der Waals surface area contributed by atoms with Crippen molar-refractivity contribution in [2.24, 2.45) is 0 Å². The number of benzene rings is 1. The number of aromatic carboxylic acids is 1. The monoisotopic (exact) mass is 301 g/mol. The van der Waals surface area contributed by atoms with Crippen LogP contribution in [0.5, 0.6) is 0 Å². The maximum Gasteiger partial charge on any atom is 0.433 e. The zero-order valence-electron chi connectivity index (χ0n) is 9.78. The minimum absolute atomic E-state index is 0.0593. The molecule has 0 atom stereocenters. The summed E-state index contributed by atoms with van der Waals surface area (Å²) in [5, 5.41) is 9.34. The summed E-state index contributed by atoms with van der Waals surface area (Å²) in [7, 11) is 0. The van der Waals surface area contributed by atoms with Crippen LogP contribution in [0.4, 0.5) is 13.2 Å². The lowest BCUT2D eigenvalue weighted by Crippen LogP contribution is -2.07. The van der Waals surface area contributed by atoms with Gasteiger partial charge >= 0.3 is 12.1 Å². The number of hydrogen-bond donors (Lipinski definition) is 1. The maximum atomic E-state index is 12.4. The molecule has 0 saturated carbocycles. The van der Waals surface area contributed by atoms with Crippen LogP contribution in [0, 0.1) is 0 Å². The Morgan fingerprint density at radius 3 is 2.40 bits per heavy atom. The third-order valence-electron chi connectivity index (χ3n) is 2.58. The van der Waals surface area contributed by atoms with Gasteiger partial charge in [-0.25, -0.2) is 4.79 Å². The number of alkyl halides is 3. The molecule has 0 saturated heterocycles. The lowest BCUT2D eigenvalue weighted by Gasteiger charge is -2.09. The Bertz CT molecular complexity index is 654. The van der Waals surface area contributed by atoms with Gasteiger partial charge in [-0.3, -0.25) is 4.98 Å².